The zero-order chi connectivity index (χ0) is 11.8. The number of nitrogens with one attached hydrogen (secondary N) is 2. The smallest absolute Gasteiger partial charge is 0.236 e. The van der Waals surface area contributed by atoms with Crippen LogP contribution in [0.3, 0.4) is 0 Å². The van der Waals surface area contributed by atoms with Crippen molar-refractivity contribution >= 4 is 15.8 Å². The molecule has 1 saturated carbocycles. The van der Waals surface area contributed by atoms with Crippen LogP contribution in [0.1, 0.15) is 36.9 Å². The van der Waals surface area contributed by atoms with Crippen molar-refractivity contribution in [2.75, 3.05) is 4.72 Å². The molecule has 5 nitrogen and oxygen atoms in total. The van der Waals surface area contributed by atoms with Crippen LogP contribution < -0.4 is 4.72 Å². The van der Waals surface area contributed by atoms with Gasteiger partial charge in [0, 0.05) is 11.3 Å². The first-order chi connectivity index (χ1) is 7.50. The van der Waals surface area contributed by atoms with E-state index in [0.29, 0.717) is 5.82 Å². The molecule has 0 radical (unpaired) electrons. The lowest BCUT2D eigenvalue weighted by atomic mass is 10.3. The Morgan fingerprint density at radius 3 is 2.44 bits per heavy atom. The molecule has 1 aromatic heterocycles. The van der Waals surface area contributed by atoms with E-state index in [9.17, 15) is 8.42 Å². The van der Waals surface area contributed by atoms with Gasteiger partial charge in [0.25, 0.3) is 0 Å². The van der Waals surface area contributed by atoms with E-state index < -0.39 is 10.0 Å². The van der Waals surface area contributed by atoms with Gasteiger partial charge in [-0.05, 0) is 26.7 Å². The maximum atomic E-state index is 12.0. The van der Waals surface area contributed by atoms with Crippen LogP contribution in [-0.4, -0.2) is 23.9 Å². The monoisotopic (exact) mass is 243 g/mol. The zero-order valence-corrected chi connectivity index (χ0v) is 10.4. The molecule has 1 heterocycles. The van der Waals surface area contributed by atoms with Crippen molar-refractivity contribution in [3.05, 3.63) is 11.3 Å². The van der Waals surface area contributed by atoms with Crippen molar-refractivity contribution in [3.63, 3.8) is 0 Å². The van der Waals surface area contributed by atoms with Gasteiger partial charge in [-0.2, -0.15) is 5.10 Å². The van der Waals surface area contributed by atoms with Crippen LogP contribution in [-0.2, 0) is 10.0 Å². The number of hydrogen-bond acceptors (Lipinski definition) is 3. The Morgan fingerprint density at radius 2 is 1.94 bits per heavy atom. The van der Waals surface area contributed by atoms with E-state index >= 15 is 0 Å². The topological polar surface area (TPSA) is 74.8 Å². The number of aromatic nitrogens is 2. The summed E-state index contributed by atoms with van der Waals surface area (Å²) in [6, 6.07) is 0. The summed E-state index contributed by atoms with van der Waals surface area (Å²) >= 11 is 0. The Hall–Kier alpha value is -1.04. The highest BCUT2D eigenvalue weighted by atomic mass is 32.2. The SMILES string of the molecule is Cc1[nH]nc(NS(=O)(=O)C2CCCC2)c1C. The zero-order valence-electron chi connectivity index (χ0n) is 9.58. The summed E-state index contributed by atoms with van der Waals surface area (Å²) in [4.78, 5) is 0. The number of anilines is 1. The Morgan fingerprint density at radius 1 is 1.31 bits per heavy atom. The van der Waals surface area contributed by atoms with Gasteiger partial charge < -0.3 is 0 Å². The molecule has 2 N–H and O–H groups in total. The molecule has 0 saturated heterocycles. The van der Waals surface area contributed by atoms with Gasteiger partial charge in [0.05, 0.1) is 5.25 Å². The lowest BCUT2D eigenvalue weighted by molar-refractivity contribution is 0.585. The third-order valence-electron chi connectivity index (χ3n) is 3.23. The second kappa shape index (κ2) is 4.08. The van der Waals surface area contributed by atoms with Crippen LogP contribution in [0.5, 0.6) is 0 Å². The van der Waals surface area contributed by atoms with E-state index in [0.717, 1.165) is 36.9 Å². The van der Waals surface area contributed by atoms with Gasteiger partial charge in [-0.15, -0.1) is 0 Å². The lowest BCUT2D eigenvalue weighted by Crippen LogP contribution is -2.25. The number of hydrogen-bond donors (Lipinski definition) is 2. The molecule has 0 aromatic carbocycles. The number of rotatable bonds is 3. The van der Waals surface area contributed by atoms with Crippen molar-refractivity contribution < 1.29 is 8.42 Å². The van der Waals surface area contributed by atoms with Crippen molar-refractivity contribution in [3.8, 4) is 0 Å². The predicted octanol–water partition coefficient (Wildman–Crippen LogP) is 1.71. The number of H-pyrrole nitrogens is 1. The van der Waals surface area contributed by atoms with Gasteiger partial charge in [-0.1, -0.05) is 12.8 Å². The fourth-order valence-electron chi connectivity index (χ4n) is 2.00. The average molecular weight is 243 g/mol. The Bertz CT molecular complexity index is 472. The molecule has 90 valence electrons. The second-order valence-electron chi connectivity index (χ2n) is 4.38. The maximum absolute atomic E-state index is 12.0. The first-order valence-corrected chi connectivity index (χ1v) is 7.08. The number of aryl methyl sites for hydroxylation is 1. The normalized spacial score (nSPS) is 17.9. The fourth-order valence-corrected chi connectivity index (χ4v) is 3.59. The van der Waals surface area contributed by atoms with Gasteiger partial charge in [-0.25, -0.2) is 8.42 Å². The van der Waals surface area contributed by atoms with Crippen LogP contribution in [0.25, 0.3) is 0 Å². The van der Waals surface area contributed by atoms with E-state index in [1.807, 2.05) is 13.8 Å². The largest absolute Gasteiger partial charge is 0.280 e. The van der Waals surface area contributed by atoms with E-state index in [2.05, 4.69) is 14.9 Å². The van der Waals surface area contributed by atoms with E-state index in [-0.39, 0.29) is 5.25 Å². The van der Waals surface area contributed by atoms with Crippen molar-refractivity contribution in [2.45, 2.75) is 44.8 Å². The van der Waals surface area contributed by atoms with Gasteiger partial charge >= 0.3 is 0 Å². The summed E-state index contributed by atoms with van der Waals surface area (Å²) in [5.41, 5.74) is 1.76. The van der Waals surface area contributed by atoms with Crippen LogP contribution >= 0.6 is 0 Å². The molecule has 6 heteroatoms. The molecule has 1 aliphatic rings. The van der Waals surface area contributed by atoms with Gasteiger partial charge in [-0.3, -0.25) is 9.82 Å². The molecule has 1 aliphatic carbocycles. The standard InChI is InChI=1S/C10H17N3O2S/c1-7-8(2)11-12-10(7)13-16(14,15)9-5-3-4-6-9/h9H,3-6H2,1-2H3,(H2,11,12,13). The Balaban J connectivity index is 2.17. The molecule has 1 aromatic rings. The summed E-state index contributed by atoms with van der Waals surface area (Å²) in [6.45, 7) is 3.72. The molecule has 0 amide bonds. The maximum Gasteiger partial charge on any atom is 0.236 e. The molecule has 0 atom stereocenters. The molecule has 0 unspecified atom stereocenters. The summed E-state index contributed by atoms with van der Waals surface area (Å²) in [6.07, 6.45) is 3.53. The number of nitrogens with zero attached hydrogens (tertiary/aromatic N) is 1. The molecule has 1 fully saturated rings. The summed E-state index contributed by atoms with van der Waals surface area (Å²) in [7, 11) is -3.25. The highest BCUT2D eigenvalue weighted by Crippen LogP contribution is 2.26. The van der Waals surface area contributed by atoms with E-state index in [1.165, 1.54) is 0 Å². The second-order valence-corrected chi connectivity index (χ2v) is 6.34. The van der Waals surface area contributed by atoms with Gasteiger partial charge in [0.15, 0.2) is 5.82 Å². The third kappa shape index (κ3) is 2.07. The molecule has 2 rings (SSSR count). The highest BCUT2D eigenvalue weighted by molar-refractivity contribution is 7.93. The minimum Gasteiger partial charge on any atom is -0.280 e. The third-order valence-corrected chi connectivity index (χ3v) is 5.06. The summed E-state index contributed by atoms with van der Waals surface area (Å²) in [5, 5.41) is 6.48. The van der Waals surface area contributed by atoms with Crippen LogP contribution in [0.15, 0.2) is 0 Å². The number of aromatic amines is 1. The lowest BCUT2D eigenvalue weighted by Gasteiger charge is -2.11. The summed E-state index contributed by atoms with van der Waals surface area (Å²) < 4.78 is 26.6. The molecular formula is C10H17N3O2S. The first-order valence-electron chi connectivity index (χ1n) is 5.54. The average Bonchev–Trinajstić information content (AvgIpc) is 2.83. The van der Waals surface area contributed by atoms with Crippen LogP contribution in [0, 0.1) is 13.8 Å². The molecular weight excluding hydrogens is 226 g/mol. The first kappa shape index (κ1) is 11.4. The Kier molecular flexibility index (Phi) is 2.92. The number of sulfonamides is 1. The van der Waals surface area contributed by atoms with Crippen molar-refractivity contribution in [1.29, 1.82) is 0 Å². The fraction of sp³-hybridized carbons (Fsp3) is 0.700. The van der Waals surface area contributed by atoms with Gasteiger partial charge in [0.2, 0.25) is 10.0 Å². The minimum absolute atomic E-state index is 0.246. The van der Waals surface area contributed by atoms with Gasteiger partial charge in [0.1, 0.15) is 0 Å². The summed E-state index contributed by atoms with van der Waals surface area (Å²) in [5.74, 6) is 0.435. The van der Waals surface area contributed by atoms with E-state index in [4.69, 9.17) is 0 Å². The van der Waals surface area contributed by atoms with Crippen molar-refractivity contribution in [1.82, 2.24) is 10.2 Å². The molecule has 16 heavy (non-hydrogen) atoms. The predicted molar refractivity (Wildman–Crippen MR) is 62.9 cm³/mol. The molecule has 0 aliphatic heterocycles. The quantitative estimate of drug-likeness (QED) is 0.848. The van der Waals surface area contributed by atoms with Crippen LogP contribution in [0.4, 0.5) is 5.82 Å². The Labute approximate surface area is 95.7 Å². The highest BCUT2D eigenvalue weighted by Gasteiger charge is 2.29. The van der Waals surface area contributed by atoms with Crippen LogP contribution in [0.2, 0.25) is 0 Å². The van der Waals surface area contributed by atoms with E-state index in [1.54, 1.807) is 0 Å². The van der Waals surface area contributed by atoms with Crippen molar-refractivity contribution in [2.24, 2.45) is 0 Å². The molecule has 0 bridgehead atoms. The molecule has 0 spiro atoms. The minimum atomic E-state index is -3.25.